The van der Waals surface area contributed by atoms with Crippen molar-refractivity contribution in [3.8, 4) is 0 Å². The van der Waals surface area contributed by atoms with Crippen molar-refractivity contribution in [3.63, 3.8) is 0 Å². The Bertz CT molecular complexity index is 687. The van der Waals surface area contributed by atoms with Crippen molar-refractivity contribution in [2.45, 2.75) is 13.0 Å². The number of nitrogens with two attached hydrogens (primary N) is 1. The Hall–Kier alpha value is -2.11. The van der Waals surface area contributed by atoms with Crippen LogP contribution in [0.2, 0.25) is 5.15 Å². The summed E-state index contributed by atoms with van der Waals surface area (Å²) in [6, 6.07) is 13.6. The molecule has 0 bridgehead atoms. The third-order valence-corrected chi connectivity index (χ3v) is 4.38. The fraction of sp³-hybridized carbons (Fsp3) is 0.333. The number of anilines is 1. The number of hydrogen-bond donors (Lipinski definition) is 1. The largest absolute Gasteiger partial charge is 0.384 e. The van der Waals surface area contributed by atoms with Gasteiger partial charge in [-0.25, -0.2) is 4.98 Å². The predicted molar refractivity (Wildman–Crippen MR) is 95.9 cm³/mol. The summed E-state index contributed by atoms with van der Waals surface area (Å²) in [5, 5.41) is 0.249. The SMILES string of the molecule is Nc1cc(C(=O)N2CCCN(Cc3ccccc3)CC2)cc(Cl)n1. The maximum absolute atomic E-state index is 12.7. The topological polar surface area (TPSA) is 62.5 Å². The summed E-state index contributed by atoms with van der Waals surface area (Å²) in [6.07, 6.45) is 0.951. The van der Waals surface area contributed by atoms with E-state index in [1.165, 1.54) is 5.56 Å². The van der Waals surface area contributed by atoms with Crippen LogP contribution in [0.4, 0.5) is 5.82 Å². The van der Waals surface area contributed by atoms with Gasteiger partial charge in [-0.3, -0.25) is 9.69 Å². The molecule has 2 aromatic rings. The standard InChI is InChI=1S/C18H21ClN4O/c19-16-11-15(12-17(20)21-16)18(24)23-8-4-7-22(9-10-23)13-14-5-2-1-3-6-14/h1-3,5-6,11-12H,4,7-10,13H2,(H2,20,21). The van der Waals surface area contributed by atoms with Gasteiger partial charge in [0.05, 0.1) is 0 Å². The van der Waals surface area contributed by atoms with Gasteiger partial charge in [0.25, 0.3) is 5.91 Å². The molecule has 5 nitrogen and oxygen atoms in total. The second-order valence-electron chi connectivity index (χ2n) is 6.01. The normalized spacial score (nSPS) is 16.0. The summed E-state index contributed by atoms with van der Waals surface area (Å²) < 4.78 is 0. The van der Waals surface area contributed by atoms with E-state index in [1.807, 2.05) is 11.0 Å². The minimum Gasteiger partial charge on any atom is -0.384 e. The van der Waals surface area contributed by atoms with Gasteiger partial charge in [-0.2, -0.15) is 0 Å². The molecule has 2 heterocycles. The minimum absolute atomic E-state index is 0.0347. The van der Waals surface area contributed by atoms with Crippen LogP contribution in [0.15, 0.2) is 42.5 Å². The molecule has 1 amide bonds. The van der Waals surface area contributed by atoms with Gasteiger partial charge in [0.15, 0.2) is 0 Å². The van der Waals surface area contributed by atoms with E-state index in [2.05, 4.69) is 34.1 Å². The molecule has 6 heteroatoms. The highest BCUT2D eigenvalue weighted by atomic mass is 35.5. The Morgan fingerprint density at radius 1 is 1.12 bits per heavy atom. The number of pyridine rings is 1. The van der Waals surface area contributed by atoms with Crippen LogP contribution >= 0.6 is 11.6 Å². The Morgan fingerprint density at radius 3 is 2.67 bits per heavy atom. The number of benzene rings is 1. The Kier molecular flexibility index (Phi) is 5.33. The summed E-state index contributed by atoms with van der Waals surface area (Å²) >= 11 is 5.91. The fourth-order valence-electron chi connectivity index (χ4n) is 3.00. The third kappa shape index (κ3) is 4.24. The molecule has 3 rings (SSSR count). The van der Waals surface area contributed by atoms with Crippen molar-refractivity contribution in [2.24, 2.45) is 0 Å². The number of nitrogens with zero attached hydrogens (tertiary/aromatic N) is 3. The second-order valence-corrected chi connectivity index (χ2v) is 6.40. The summed E-state index contributed by atoms with van der Waals surface area (Å²) in [5.74, 6) is 0.235. The molecule has 1 aromatic heterocycles. The molecule has 0 atom stereocenters. The fourth-order valence-corrected chi connectivity index (χ4v) is 3.21. The van der Waals surface area contributed by atoms with Gasteiger partial charge in [-0.05, 0) is 24.1 Å². The van der Waals surface area contributed by atoms with Crippen LogP contribution in [0, 0.1) is 0 Å². The van der Waals surface area contributed by atoms with Crippen molar-refractivity contribution in [1.82, 2.24) is 14.8 Å². The molecule has 0 spiro atoms. The number of carbonyl (C=O) groups is 1. The lowest BCUT2D eigenvalue weighted by Crippen LogP contribution is -2.35. The van der Waals surface area contributed by atoms with E-state index in [9.17, 15) is 4.79 Å². The van der Waals surface area contributed by atoms with E-state index in [0.717, 1.165) is 32.6 Å². The lowest BCUT2D eigenvalue weighted by Gasteiger charge is -2.22. The van der Waals surface area contributed by atoms with E-state index in [4.69, 9.17) is 17.3 Å². The van der Waals surface area contributed by atoms with Gasteiger partial charge in [0.1, 0.15) is 11.0 Å². The molecule has 1 aromatic carbocycles. The molecule has 24 heavy (non-hydrogen) atoms. The summed E-state index contributed by atoms with van der Waals surface area (Å²) in [4.78, 5) is 20.8. The van der Waals surface area contributed by atoms with E-state index >= 15 is 0 Å². The number of rotatable bonds is 3. The van der Waals surface area contributed by atoms with Gasteiger partial charge in [0, 0.05) is 38.3 Å². The van der Waals surface area contributed by atoms with Crippen LogP contribution < -0.4 is 5.73 Å². The van der Waals surface area contributed by atoms with Gasteiger partial charge in [0.2, 0.25) is 0 Å². The summed E-state index contributed by atoms with van der Waals surface area (Å²) in [6.45, 7) is 4.19. The Morgan fingerprint density at radius 2 is 1.92 bits per heavy atom. The van der Waals surface area contributed by atoms with E-state index in [-0.39, 0.29) is 16.9 Å². The smallest absolute Gasteiger partial charge is 0.254 e. The number of amides is 1. The first kappa shape index (κ1) is 16.7. The average Bonchev–Trinajstić information content (AvgIpc) is 2.80. The molecule has 0 radical (unpaired) electrons. The van der Waals surface area contributed by atoms with E-state index < -0.39 is 0 Å². The lowest BCUT2D eigenvalue weighted by molar-refractivity contribution is 0.0761. The van der Waals surface area contributed by atoms with Crippen molar-refractivity contribution in [3.05, 3.63) is 58.7 Å². The molecular weight excluding hydrogens is 324 g/mol. The summed E-state index contributed by atoms with van der Waals surface area (Å²) in [5.41, 5.74) is 7.49. The first-order valence-electron chi connectivity index (χ1n) is 8.10. The van der Waals surface area contributed by atoms with Gasteiger partial charge in [-0.1, -0.05) is 41.9 Å². The number of carbonyl (C=O) groups excluding carboxylic acids is 1. The zero-order valence-electron chi connectivity index (χ0n) is 13.5. The zero-order chi connectivity index (χ0) is 16.9. The molecule has 1 saturated heterocycles. The molecule has 2 N–H and O–H groups in total. The van der Waals surface area contributed by atoms with Crippen LogP contribution in [0.3, 0.4) is 0 Å². The maximum atomic E-state index is 12.7. The third-order valence-electron chi connectivity index (χ3n) is 4.19. The van der Waals surface area contributed by atoms with Crippen LogP contribution in [0.1, 0.15) is 22.3 Å². The second kappa shape index (κ2) is 7.64. The van der Waals surface area contributed by atoms with Crippen molar-refractivity contribution < 1.29 is 4.79 Å². The molecule has 126 valence electrons. The van der Waals surface area contributed by atoms with Crippen LogP contribution in [0.25, 0.3) is 0 Å². The summed E-state index contributed by atoms with van der Waals surface area (Å²) in [7, 11) is 0. The molecule has 1 aliphatic heterocycles. The Labute approximate surface area is 147 Å². The molecule has 1 aliphatic rings. The molecule has 1 fully saturated rings. The first-order chi connectivity index (χ1) is 11.6. The monoisotopic (exact) mass is 344 g/mol. The number of aromatic nitrogens is 1. The van der Waals surface area contributed by atoms with Crippen molar-refractivity contribution in [2.75, 3.05) is 31.9 Å². The van der Waals surface area contributed by atoms with Crippen LogP contribution in [0.5, 0.6) is 0 Å². The average molecular weight is 345 g/mol. The highest BCUT2D eigenvalue weighted by Crippen LogP contribution is 2.16. The van der Waals surface area contributed by atoms with Crippen molar-refractivity contribution >= 4 is 23.3 Å². The lowest BCUT2D eigenvalue weighted by atomic mass is 10.2. The van der Waals surface area contributed by atoms with Crippen LogP contribution in [-0.2, 0) is 6.54 Å². The van der Waals surface area contributed by atoms with Crippen LogP contribution in [-0.4, -0.2) is 46.9 Å². The maximum Gasteiger partial charge on any atom is 0.254 e. The molecule has 0 unspecified atom stereocenters. The van der Waals surface area contributed by atoms with Gasteiger partial charge >= 0.3 is 0 Å². The highest BCUT2D eigenvalue weighted by molar-refractivity contribution is 6.29. The molecule has 0 saturated carbocycles. The highest BCUT2D eigenvalue weighted by Gasteiger charge is 2.21. The first-order valence-corrected chi connectivity index (χ1v) is 8.48. The van der Waals surface area contributed by atoms with E-state index in [1.54, 1.807) is 12.1 Å². The van der Waals surface area contributed by atoms with Gasteiger partial charge in [-0.15, -0.1) is 0 Å². The number of nitrogen functional groups attached to an aromatic ring is 1. The molecule has 0 aliphatic carbocycles. The van der Waals surface area contributed by atoms with Gasteiger partial charge < -0.3 is 10.6 Å². The van der Waals surface area contributed by atoms with Crippen molar-refractivity contribution in [1.29, 1.82) is 0 Å². The number of halogens is 1. The predicted octanol–water partition coefficient (Wildman–Crippen LogP) is 2.67. The Balaban J connectivity index is 1.63. The van der Waals surface area contributed by atoms with E-state index in [0.29, 0.717) is 12.1 Å². The molecular formula is C18H21ClN4O. The minimum atomic E-state index is -0.0347. The number of hydrogen-bond acceptors (Lipinski definition) is 4. The zero-order valence-corrected chi connectivity index (χ0v) is 14.2. The quantitative estimate of drug-likeness (QED) is 0.869.